The highest BCUT2D eigenvalue weighted by atomic mass is 32.2. The van der Waals surface area contributed by atoms with Crippen LogP contribution in [0.1, 0.15) is 12.5 Å². The topological polar surface area (TPSA) is 93.6 Å². The Morgan fingerprint density at radius 1 is 0.864 bits per heavy atom. The predicted octanol–water partition coefficient (Wildman–Crippen LogP) is 5.32. The lowest BCUT2D eigenvalue weighted by molar-refractivity contribution is 0.121. The summed E-state index contributed by atoms with van der Waals surface area (Å²) < 4.78 is 23.1. The predicted molar refractivity (Wildman–Crippen MR) is 177 cm³/mol. The first-order chi connectivity index (χ1) is 21.8. The van der Waals surface area contributed by atoms with Crippen LogP contribution in [0, 0.1) is 0 Å². The number of morpholine rings is 2. The molecule has 0 bridgehead atoms. The molecule has 11 heteroatoms. The van der Waals surface area contributed by atoms with E-state index in [4.69, 9.17) is 28.9 Å². The maximum atomic E-state index is 6.14. The molecule has 0 radical (unpaired) electrons. The van der Waals surface area contributed by atoms with Gasteiger partial charge >= 0.3 is 0 Å². The third-order valence-corrected chi connectivity index (χ3v) is 8.38. The van der Waals surface area contributed by atoms with E-state index in [1.807, 2.05) is 31.2 Å². The van der Waals surface area contributed by atoms with Gasteiger partial charge in [0.05, 0.1) is 45.9 Å². The van der Waals surface area contributed by atoms with Crippen LogP contribution in [0.25, 0.3) is 10.8 Å². The summed E-state index contributed by atoms with van der Waals surface area (Å²) in [5.74, 6) is 4.40. The Labute approximate surface area is 262 Å². The normalized spacial score (nSPS) is 15.6. The van der Waals surface area contributed by atoms with Gasteiger partial charge in [-0.25, -0.2) is 0 Å². The van der Waals surface area contributed by atoms with Crippen LogP contribution < -0.4 is 24.7 Å². The van der Waals surface area contributed by atoms with E-state index in [2.05, 4.69) is 62.8 Å². The molecule has 6 rings (SSSR count). The number of rotatable bonds is 12. The summed E-state index contributed by atoms with van der Waals surface area (Å²) in [7, 11) is 0. The highest BCUT2D eigenvalue weighted by Crippen LogP contribution is 2.30. The molecule has 3 aromatic carbocycles. The number of ether oxygens (including phenoxy) is 4. The lowest BCUT2D eigenvalue weighted by atomic mass is 10.1. The summed E-state index contributed by atoms with van der Waals surface area (Å²) in [6, 6.07) is 22.7. The fourth-order valence-electron chi connectivity index (χ4n) is 5.13. The molecule has 4 aromatic rings. The number of hydrogen-bond acceptors (Lipinski definition) is 11. The minimum absolute atomic E-state index is 0.537. The molecular weight excluding hydrogens is 576 g/mol. The van der Waals surface area contributed by atoms with Crippen LogP contribution in [-0.4, -0.2) is 87.8 Å². The first-order valence-corrected chi connectivity index (χ1v) is 16.1. The van der Waals surface area contributed by atoms with Gasteiger partial charge in [0.2, 0.25) is 5.95 Å². The largest absolute Gasteiger partial charge is 0.490 e. The molecule has 0 amide bonds. The lowest BCUT2D eigenvalue weighted by Crippen LogP contribution is -2.39. The van der Waals surface area contributed by atoms with Gasteiger partial charge in [-0.2, -0.15) is 15.1 Å². The number of hydrogen-bond donors (Lipinski definition) is 1. The SMILES string of the molecule is CCOc1cc(/C=N\Nc2cc(N3CCOCC3)nc(N3CCOCC3)n2)ccc1OCCSc1cccc2ccccc12. The van der Waals surface area contributed by atoms with Crippen LogP contribution in [0.15, 0.2) is 76.7 Å². The molecular formula is C33H38N6O4S. The Kier molecular flexibility index (Phi) is 10.3. The van der Waals surface area contributed by atoms with Crippen molar-refractivity contribution < 1.29 is 18.9 Å². The number of fused-ring (bicyclic) bond motifs is 1. The second kappa shape index (κ2) is 15.1. The quantitative estimate of drug-likeness (QED) is 0.0979. The van der Waals surface area contributed by atoms with Crippen molar-refractivity contribution in [3.8, 4) is 11.5 Å². The zero-order valence-electron chi connectivity index (χ0n) is 25.0. The highest BCUT2D eigenvalue weighted by molar-refractivity contribution is 7.99. The molecule has 2 aliphatic rings. The van der Waals surface area contributed by atoms with E-state index in [1.54, 1.807) is 18.0 Å². The minimum atomic E-state index is 0.537. The molecule has 2 aliphatic heterocycles. The van der Waals surface area contributed by atoms with Gasteiger partial charge in [-0.1, -0.05) is 36.4 Å². The van der Waals surface area contributed by atoms with Crippen molar-refractivity contribution >= 4 is 46.3 Å². The Morgan fingerprint density at radius 2 is 1.64 bits per heavy atom. The van der Waals surface area contributed by atoms with Crippen molar-refractivity contribution in [1.82, 2.24) is 9.97 Å². The molecule has 0 unspecified atom stereocenters. The van der Waals surface area contributed by atoms with E-state index < -0.39 is 0 Å². The number of aromatic nitrogens is 2. The van der Waals surface area contributed by atoms with Gasteiger partial charge in [0.25, 0.3) is 0 Å². The number of nitrogens with one attached hydrogen (secondary N) is 1. The standard InChI is InChI=1S/C33H38N6O4S/c1-2-42-29-22-25(10-11-28(29)43-20-21-44-30-9-5-7-26-6-3-4-8-27(26)30)24-34-37-31-23-32(38-12-16-40-17-13-38)36-33(35-31)39-14-18-41-19-15-39/h3-11,22-24H,2,12-21H2,1H3,(H,35,36,37)/b34-24-. The third-order valence-electron chi connectivity index (χ3n) is 7.34. The molecule has 44 heavy (non-hydrogen) atoms. The number of anilines is 3. The Balaban J connectivity index is 1.10. The fourth-order valence-corrected chi connectivity index (χ4v) is 6.03. The zero-order chi connectivity index (χ0) is 30.0. The third kappa shape index (κ3) is 7.71. The smallest absolute Gasteiger partial charge is 0.229 e. The van der Waals surface area contributed by atoms with E-state index in [-0.39, 0.29) is 0 Å². The Morgan fingerprint density at radius 3 is 2.45 bits per heavy atom. The second-order valence-electron chi connectivity index (χ2n) is 10.3. The summed E-state index contributed by atoms with van der Waals surface area (Å²) in [6.45, 7) is 8.85. The van der Waals surface area contributed by atoms with Crippen LogP contribution in [0.5, 0.6) is 11.5 Å². The number of hydrazone groups is 1. The van der Waals surface area contributed by atoms with Gasteiger partial charge < -0.3 is 28.7 Å². The number of benzene rings is 3. The van der Waals surface area contributed by atoms with Crippen molar-refractivity contribution in [2.75, 3.05) is 86.8 Å². The molecule has 0 saturated carbocycles. The molecule has 1 aromatic heterocycles. The molecule has 2 saturated heterocycles. The van der Waals surface area contributed by atoms with Gasteiger partial charge in [0.1, 0.15) is 5.82 Å². The fraction of sp³-hybridized carbons (Fsp3) is 0.364. The van der Waals surface area contributed by atoms with Crippen molar-refractivity contribution in [2.45, 2.75) is 11.8 Å². The lowest BCUT2D eigenvalue weighted by Gasteiger charge is -2.31. The number of nitrogens with zero attached hydrogens (tertiary/aromatic N) is 5. The van der Waals surface area contributed by atoms with E-state index in [9.17, 15) is 0 Å². The molecule has 3 heterocycles. The molecule has 2 fully saturated rings. The number of thioether (sulfide) groups is 1. The Hall–Kier alpha value is -4.06. The van der Waals surface area contributed by atoms with Crippen LogP contribution in [0.4, 0.5) is 17.6 Å². The average molecular weight is 615 g/mol. The van der Waals surface area contributed by atoms with Crippen molar-refractivity contribution in [1.29, 1.82) is 0 Å². The van der Waals surface area contributed by atoms with E-state index in [0.29, 0.717) is 57.2 Å². The minimum Gasteiger partial charge on any atom is -0.490 e. The molecule has 0 aliphatic carbocycles. The van der Waals surface area contributed by atoms with Crippen LogP contribution in [-0.2, 0) is 9.47 Å². The molecule has 0 atom stereocenters. The van der Waals surface area contributed by atoms with Gasteiger partial charge in [-0.3, -0.25) is 5.43 Å². The first-order valence-electron chi connectivity index (χ1n) is 15.1. The van der Waals surface area contributed by atoms with Gasteiger partial charge in [0, 0.05) is 42.9 Å². The molecule has 230 valence electrons. The zero-order valence-corrected chi connectivity index (χ0v) is 25.8. The van der Waals surface area contributed by atoms with Crippen LogP contribution in [0.2, 0.25) is 0 Å². The summed E-state index contributed by atoms with van der Waals surface area (Å²) in [5.41, 5.74) is 4.00. The van der Waals surface area contributed by atoms with Crippen LogP contribution >= 0.6 is 11.8 Å². The van der Waals surface area contributed by atoms with Gasteiger partial charge in [0.15, 0.2) is 17.3 Å². The van der Waals surface area contributed by atoms with E-state index in [1.165, 1.54) is 15.7 Å². The monoisotopic (exact) mass is 614 g/mol. The van der Waals surface area contributed by atoms with E-state index >= 15 is 0 Å². The summed E-state index contributed by atoms with van der Waals surface area (Å²) in [4.78, 5) is 15.2. The summed E-state index contributed by atoms with van der Waals surface area (Å²) in [5, 5.41) is 7.01. The molecule has 0 spiro atoms. The van der Waals surface area contributed by atoms with Crippen molar-refractivity contribution in [2.24, 2.45) is 5.10 Å². The first kappa shape index (κ1) is 30.0. The highest BCUT2D eigenvalue weighted by Gasteiger charge is 2.19. The van der Waals surface area contributed by atoms with Crippen molar-refractivity contribution in [3.63, 3.8) is 0 Å². The average Bonchev–Trinajstić information content (AvgIpc) is 3.08. The second-order valence-corrected chi connectivity index (χ2v) is 11.4. The van der Waals surface area contributed by atoms with Gasteiger partial charge in [-0.15, -0.1) is 11.8 Å². The molecule has 10 nitrogen and oxygen atoms in total. The van der Waals surface area contributed by atoms with E-state index in [0.717, 1.165) is 49.1 Å². The Bertz CT molecular complexity index is 1520. The summed E-state index contributed by atoms with van der Waals surface area (Å²) >= 11 is 1.80. The summed E-state index contributed by atoms with van der Waals surface area (Å²) in [6.07, 6.45) is 1.76. The van der Waals surface area contributed by atoms with Crippen LogP contribution in [0.3, 0.4) is 0 Å². The maximum Gasteiger partial charge on any atom is 0.229 e. The molecule has 1 N–H and O–H groups in total. The van der Waals surface area contributed by atoms with Crippen molar-refractivity contribution in [3.05, 3.63) is 72.3 Å². The maximum absolute atomic E-state index is 6.14. The van der Waals surface area contributed by atoms with Gasteiger partial charge in [-0.05, 0) is 47.5 Å².